The molecule has 0 saturated heterocycles. The van der Waals surface area contributed by atoms with E-state index in [4.69, 9.17) is 21.0 Å². The van der Waals surface area contributed by atoms with Gasteiger partial charge >= 0.3 is 0 Å². The summed E-state index contributed by atoms with van der Waals surface area (Å²) in [6, 6.07) is 10.2. The number of nitrogens with one attached hydrogen (secondary N) is 1. The molecule has 0 aliphatic heterocycles. The van der Waals surface area contributed by atoms with Crippen LogP contribution in [0.2, 0.25) is 23.2 Å². The number of fused-ring (bicyclic) bond motifs is 1. The third kappa shape index (κ3) is 5.17. The fourth-order valence-corrected chi connectivity index (χ4v) is 5.57. The molecule has 0 spiro atoms. The number of anilines is 2. The smallest absolute Gasteiger partial charge is 0.227 e. The minimum atomic E-state index is -1.90. The zero-order valence-corrected chi connectivity index (χ0v) is 23.9. The third-order valence-electron chi connectivity index (χ3n) is 7.76. The van der Waals surface area contributed by atoms with Crippen LogP contribution in [0.1, 0.15) is 56.5 Å². The molecule has 1 aliphatic carbocycles. The normalized spacial score (nSPS) is 17.5. The van der Waals surface area contributed by atoms with Gasteiger partial charge in [0.1, 0.15) is 0 Å². The lowest BCUT2D eigenvalue weighted by molar-refractivity contribution is 0.208. The van der Waals surface area contributed by atoms with E-state index in [1.165, 1.54) is 5.56 Å². The summed E-state index contributed by atoms with van der Waals surface area (Å²) < 4.78 is 6.67. The standard InChI is InChI=1S/C28H34ClN5OSi/c1-18-25(14-21(29)16-32-18)34-26-31-11-9-24(33-26)19-12-20(15-30)22-8-10-28(5,23(22)13-19)17-35-36(6,7)27(2,3)4/h9,11-14,16H,8,10,17H2,1-7H3,(H,31,33,34). The highest BCUT2D eigenvalue weighted by molar-refractivity contribution is 6.74. The number of hydrogen-bond acceptors (Lipinski definition) is 6. The van der Waals surface area contributed by atoms with Crippen LogP contribution in [0.4, 0.5) is 11.6 Å². The van der Waals surface area contributed by atoms with Crippen LogP contribution < -0.4 is 5.32 Å². The van der Waals surface area contributed by atoms with Crippen LogP contribution in [0.25, 0.3) is 11.3 Å². The quantitative estimate of drug-likeness (QED) is 0.343. The molecule has 0 radical (unpaired) electrons. The Hall–Kier alpha value is -2.79. The summed E-state index contributed by atoms with van der Waals surface area (Å²) in [7, 11) is -1.90. The molecular formula is C28H34ClN5OSi. The Labute approximate surface area is 220 Å². The molecule has 1 atom stereocenters. The topological polar surface area (TPSA) is 83.7 Å². The summed E-state index contributed by atoms with van der Waals surface area (Å²) >= 11 is 6.12. The molecule has 4 rings (SSSR count). The van der Waals surface area contributed by atoms with Crippen LogP contribution in [-0.4, -0.2) is 29.9 Å². The van der Waals surface area contributed by atoms with E-state index in [0.717, 1.165) is 41.0 Å². The SMILES string of the molecule is Cc1ncc(Cl)cc1Nc1nccc(-c2cc(C#N)c3c(c2)C(C)(CO[Si](C)(C)C(C)(C)C)CC3)n1. The second-order valence-electron chi connectivity index (χ2n) is 11.4. The number of benzene rings is 1. The first kappa shape index (κ1) is 26.3. The number of nitriles is 1. The van der Waals surface area contributed by atoms with Crippen molar-refractivity contribution in [3.63, 3.8) is 0 Å². The van der Waals surface area contributed by atoms with Crippen LogP contribution in [0.5, 0.6) is 0 Å². The van der Waals surface area contributed by atoms with Gasteiger partial charge in [0.15, 0.2) is 8.32 Å². The van der Waals surface area contributed by atoms with E-state index in [9.17, 15) is 5.26 Å². The zero-order chi connectivity index (χ0) is 26.3. The van der Waals surface area contributed by atoms with Crippen LogP contribution in [0, 0.1) is 18.3 Å². The molecule has 1 unspecified atom stereocenters. The lowest BCUT2D eigenvalue weighted by atomic mass is 9.83. The molecule has 8 heteroatoms. The van der Waals surface area contributed by atoms with Gasteiger partial charge in [-0.3, -0.25) is 4.98 Å². The summed E-state index contributed by atoms with van der Waals surface area (Å²) in [5, 5.41) is 13.9. The molecule has 1 aromatic carbocycles. The molecule has 36 heavy (non-hydrogen) atoms. The van der Waals surface area contributed by atoms with Crippen molar-refractivity contribution in [1.82, 2.24) is 15.0 Å². The van der Waals surface area contributed by atoms with Gasteiger partial charge in [-0.25, -0.2) is 9.97 Å². The number of rotatable bonds is 6. The monoisotopic (exact) mass is 519 g/mol. The van der Waals surface area contributed by atoms with E-state index in [0.29, 0.717) is 23.1 Å². The average Bonchev–Trinajstić information content (AvgIpc) is 3.16. The van der Waals surface area contributed by atoms with Crippen molar-refractivity contribution < 1.29 is 4.43 Å². The number of halogens is 1. The van der Waals surface area contributed by atoms with Crippen molar-refractivity contribution in [2.45, 2.75) is 71.0 Å². The minimum absolute atomic E-state index is 0.145. The van der Waals surface area contributed by atoms with Crippen LogP contribution >= 0.6 is 11.6 Å². The Morgan fingerprint density at radius 1 is 1.22 bits per heavy atom. The maximum atomic E-state index is 9.98. The summed E-state index contributed by atoms with van der Waals surface area (Å²) in [4.78, 5) is 13.4. The lowest BCUT2D eigenvalue weighted by Gasteiger charge is -2.39. The molecule has 0 fully saturated rings. The predicted molar refractivity (Wildman–Crippen MR) is 148 cm³/mol. The second-order valence-corrected chi connectivity index (χ2v) is 16.7. The van der Waals surface area contributed by atoms with Gasteiger partial charge in [0.05, 0.1) is 33.7 Å². The van der Waals surface area contributed by atoms with E-state index >= 15 is 0 Å². The Morgan fingerprint density at radius 2 is 1.97 bits per heavy atom. The first-order valence-corrected chi connectivity index (χ1v) is 15.6. The van der Waals surface area contributed by atoms with Crippen LogP contribution in [-0.2, 0) is 16.3 Å². The highest BCUT2D eigenvalue weighted by Crippen LogP contribution is 2.45. The molecule has 0 bridgehead atoms. The van der Waals surface area contributed by atoms with Gasteiger partial charge in [-0.2, -0.15) is 5.26 Å². The zero-order valence-electron chi connectivity index (χ0n) is 22.2. The average molecular weight is 520 g/mol. The van der Waals surface area contributed by atoms with Crippen molar-refractivity contribution in [2.75, 3.05) is 11.9 Å². The molecule has 2 heterocycles. The van der Waals surface area contributed by atoms with E-state index in [1.807, 2.05) is 19.1 Å². The fourth-order valence-electron chi connectivity index (χ4n) is 4.30. The Bertz CT molecular complexity index is 1340. The minimum Gasteiger partial charge on any atom is -0.416 e. The summed E-state index contributed by atoms with van der Waals surface area (Å²) in [5.74, 6) is 0.447. The first-order chi connectivity index (χ1) is 16.8. The van der Waals surface area contributed by atoms with Crippen molar-refractivity contribution in [3.8, 4) is 17.3 Å². The molecule has 1 aliphatic rings. The van der Waals surface area contributed by atoms with Gasteiger partial charge in [0.25, 0.3) is 0 Å². The van der Waals surface area contributed by atoms with E-state index < -0.39 is 8.32 Å². The van der Waals surface area contributed by atoms with Crippen LogP contribution in [0.15, 0.2) is 36.7 Å². The van der Waals surface area contributed by atoms with Crippen molar-refractivity contribution >= 4 is 31.6 Å². The van der Waals surface area contributed by atoms with Crippen molar-refractivity contribution in [1.29, 1.82) is 5.26 Å². The van der Waals surface area contributed by atoms with E-state index in [1.54, 1.807) is 18.5 Å². The van der Waals surface area contributed by atoms with Gasteiger partial charge in [0.2, 0.25) is 5.95 Å². The molecular weight excluding hydrogens is 486 g/mol. The third-order valence-corrected chi connectivity index (χ3v) is 12.4. The molecule has 0 saturated carbocycles. The lowest BCUT2D eigenvalue weighted by Crippen LogP contribution is -2.44. The van der Waals surface area contributed by atoms with E-state index in [2.05, 4.69) is 68.2 Å². The summed E-state index contributed by atoms with van der Waals surface area (Å²) in [6.45, 7) is 16.2. The van der Waals surface area contributed by atoms with Crippen LogP contribution in [0.3, 0.4) is 0 Å². The largest absolute Gasteiger partial charge is 0.416 e. The highest BCUT2D eigenvalue weighted by atomic mass is 35.5. The number of aryl methyl sites for hydroxylation is 1. The van der Waals surface area contributed by atoms with Crippen molar-refractivity contribution in [3.05, 3.63) is 64.1 Å². The highest BCUT2D eigenvalue weighted by Gasteiger charge is 2.42. The Morgan fingerprint density at radius 3 is 2.67 bits per heavy atom. The number of aromatic nitrogens is 3. The number of nitrogens with zero attached hydrogens (tertiary/aromatic N) is 4. The molecule has 3 aromatic rings. The molecule has 6 nitrogen and oxygen atoms in total. The molecule has 1 N–H and O–H groups in total. The number of pyridine rings is 1. The second kappa shape index (κ2) is 9.58. The molecule has 0 amide bonds. The maximum Gasteiger partial charge on any atom is 0.227 e. The van der Waals surface area contributed by atoms with Gasteiger partial charge in [0, 0.05) is 30.0 Å². The van der Waals surface area contributed by atoms with E-state index in [-0.39, 0.29) is 10.5 Å². The Balaban J connectivity index is 1.68. The van der Waals surface area contributed by atoms with Crippen molar-refractivity contribution in [2.24, 2.45) is 0 Å². The Kier molecular flexibility index (Phi) is 7.00. The summed E-state index contributed by atoms with van der Waals surface area (Å²) in [5.41, 5.74) is 6.09. The number of hydrogen-bond donors (Lipinski definition) is 1. The maximum absolute atomic E-state index is 9.98. The fraction of sp³-hybridized carbons (Fsp3) is 0.429. The first-order valence-electron chi connectivity index (χ1n) is 12.3. The molecule has 188 valence electrons. The van der Waals surface area contributed by atoms with Gasteiger partial charge in [-0.05, 0) is 73.3 Å². The van der Waals surface area contributed by atoms with Gasteiger partial charge < -0.3 is 9.74 Å². The van der Waals surface area contributed by atoms with Gasteiger partial charge in [-0.1, -0.05) is 39.3 Å². The predicted octanol–water partition coefficient (Wildman–Crippen LogP) is 7.34. The van der Waals surface area contributed by atoms with Gasteiger partial charge in [-0.15, -0.1) is 0 Å². The summed E-state index contributed by atoms with van der Waals surface area (Å²) in [6.07, 6.45) is 5.18. The molecule has 2 aromatic heterocycles.